The molecule has 1 aliphatic rings. The van der Waals surface area contributed by atoms with Crippen LogP contribution in [0, 0.1) is 0 Å². The van der Waals surface area contributed by atoms with Crippen LogP contribution in [0.15, 0.2) is 42.5 Å². The van der Waals surface area contributed by atoms with Crippen molar-refractivity contribution in [3.05, 3.63) is 48.0 Å². The Hall–Kier alpha value is -1.91. The number of methoxy groups -OCH3 is 2. The maximum atomic E-state index is 12.3. The van der Waals surface area contributed by atoms with Gasteiger partial charge in [-0.3, -0.25) is 4.79 Å². The molecule has 0 unspecified atom stereocenters. The molecule has 3 atom stereocenters. The lowest BCUT2D eigenvalue weighted by atomic mass is 9.89. The molecule has 2 aromatic rings. The second-order valence-electron chi connectivity index (χ2n) is 5.72. The van der Waals surface area contributed by atoms with Crippen molar-refractivity contribution >= 4 is 16.7 Å². The van der Waals surface area contributed by atoms with Crippen LogP contribution in [0.4, 0.5) is 0 Å². The average Bonchev–Trinajstić information content (AvgIpc) is 3.03. The van der Waals surface area contributed by atoms with Crippen molar-refractivity contribution in [1.82, 2.24) is 5.32 Å². The van der Waals surface area contributed by atoms with Crippen LogP contribution in [-0.4, -0.2) is 38.9 Å². The summed E-state index contributed by atoms with van der Waals surface area (Å²) < 4.78 is 10.4. The van der Waals surface area contributed by atoms with Crippen LogP contribution in [0.25, 0.3) is 10.8 Å². The normalized spacial score (nSPS) is 22.6. The van der Waals surface area contributed by atoms with Gasteiger partial charge in [0.1, 0.15) is 0 Å². The van der Waals surface area contributed by atoms with Crippen molar-refractivity contribution in [2.75, 3.05) is 20.8 Å². The Kier molecular flexibility index (Phi) is 4.41. The molecule has 0 spiro atoms. The fourth-order valence-corrected chi connectivity index (χ4v) is 3.23. The maximum Gasteiger partial charge on any atom is 0.314 e. The molecule has 1 heterocycles. The van der Waals surface area contributed by atoms with Gasteiger partial charge < -0.3 is 14.8 Å². The van der Waals surface area contributed by atoms with Gasteiger partial charge in [0, 0.05) is 19.7 Å². The third kappa shape index (κ3) is 2.85. The number of carbonyl (C=O) groups is 1. The number of esters is 1. The maximum absolute atomic E-state index is 12.3. The lowest BCUT2D eigenvalue weighted by Crippen LogP contribution is -2.34. The van der Waals surface area contributed by atoms with E-state index in [4.69, 9.17) is 9.47 Å². The topological polar surface area (TPSA) is 47.6 Å². The second-order valence-corrected chi connectivity index (χ2v) is 5.72. The second kappa shape index (κ2) is 6.46. The number of hydrogen-bond acceptors (Lipinski definition) is 4. The predicted octanol–water partition coefficient (Wildman–Crippen LogP) is 2.47. The molecule has 0 bridgehead atoms. The molecule has 3 rings (SSSR count). The van der Waals surface area contributed by atoms with Crippen LogP contribution in [0.2, 0.25) is 0 Å². The monoisotopic (exact) mass is 299 g/mol. The third-order valence-electron chi connectivity index (χ3n) is 4.45. The highest BCUT2D eigenvalue weighted by molar-refractivity contribution is 5.86. The van der Waals surface area contributed by atoms with Gasteiger partial charge in [-0.1, -0.05) is 42.5 Å². The van der Waals surface area contributed by atoms with Gasteiger partial charge in [-0.2, -0.15) is 0 Å². The standard InChI is InChI=1S/C18H21NO3/c1-21-15-10-16(19-11-15)17(18(20)22-2)14-8-7-12-5-3-4-6-13(12)9-14/h3-9,15-17,19H,10-11H2,1-2H3/t15-,16+,17-/m1/s1. The summed E-state index contributed by atoms with van der Waals surface area (Å²) in [6, 6.07) is 14.4. The Balaban J connectivity index is 1.95. The fourth-order valence-electron chi connectivity index (χ4n) is 3.23. The van der Waals surface area contributed by atoms with Crippen LogP contribution >= 0.6 is 0 Å². The van der Waals surface area contributed by atoms with Gasteiger partial charge in [0.15, 0.2) is 0 Å². The Labute approximate surface area is 130 Å². The minimum absolute atomic E-state index is 0.0403. The number of fused-ring (bicyclic) bond motifs is 1. The molecule has 1 aliphatic heterocycles. The smallest absolute Gasteiger partial charge is 0.314 e. The van der Waals surface area contributed by atoms with E-state index in [1.165, 1.54) is 12.5 Å². The van der Waals surface area contributed by atoms with E-state index in [0.717, 1.165) is 23.9 Å². The summed E-state index contributed by atoms with van der Waals surface area (Å²) in [6.45, 7) is 0.766. The molecule has 1 fully saturated rings. The quantitative estimate of drug-likeness (QED) is 0.881. The predicted molar refractivity (Wildman–Crippen MR) is 85.9 cm³/mol. The Morgan fingerprint density at radius 2 is 1.95 bits per heavy atom. The minimum atomic E-state index is -0.310. The molecule has 0 aliphatic carbocycles. The Morgan fingerprint density at radius 3 is 2.64 bits per heavy atom. The zero-order valence-electron chi connectivity index (χ0n) is 12.9. The van der Waals surface area contributed by atoms with Crippen LogP contribution in [-0.2, 0) is 14.3 Å². The number of benzene rings is 2. The van der Waals surface area contributed by atoms with E-state index in [1.54, 1.807) is 7.11 Å². The lowest BCUT2D eigenvalue weighted by molar-refractivity contribution is -0.143. The van der Waals surface area contributed by atoms with Crippen LogP contribution < -0.4 is 5.32 Å². The van der Waals surface area contributed by atoms with Gasteiger partial charge in [0.25, 0.3) is 0 Å². The summed E-state index contributed by atoms with van der Waals surface area (Å²) in [5.41, 5.74) is 0.986. The van der Waals surface area contributed by atoms with E-state index in [2.05, 4.69) is 29.6 Å². The van der Waals surface area contributed by atoms with E-state index >= 15 is 0 Å². The molecule has 0 radical (unpaired) electrons. The Morgan fingerprint density at radius 1 is 1.18 bits per heavy atom. The van der Waals surface area contributed by atoms with Crippen molar-refractivity contribution < 1.29 is 14.3 Å². The summed E-state index contributed by atoms with van der Waals surface area (Å²) in [5.74, 6) is -0.515. The van der Waals surface area contributed by atoms with Crippen LogP contribution in [0.3, 0.4) is 0 Å². The summed E-state index contributed by atoms with van der Waals surface area (Å²) >= 11 is 0. The van der Waals surface area contributed by atoms with Crippen LogP contribution in [0.5, 0.6) is 0 Å². The molecule has 0 saturated carbocycles. The lowest BCUT2D eigenvalue weighted by Gasteiger charge is -2.22. The molecule has 1 saturated heterocycles. The van der Waals surface area contributed by atoms with Crippen molar-refractivity contribution in [2.24, 2.45) is 0 Å². The van der Waals surface area contributed by atoms with E-state index in [0.29, 0.717) is 0 Å². The highest BCUT2D eigenvalue weighted by Crippen LogP contribution is 2.30. The molecule has 22 heavy (non-hydrogen) atoms. The van der Waals surface area contributed by atoms with Gasteiger partial charge >= 0.3 is 5.97 Å². The molecular formula is C18H21NO3. The largest absolute Gasteiger partial charge is 0.469 e. The molecule has 116 valence electrons. The molecule has 4 nitrogen and oxygen atoms in total. The molecule has 0 amide bonds. The van der Waals surface area contributed by atoms with Gasteiger partial charge in [0.2, 0.25) is 0 Å². The minimum Gasteiger partial charge on any atom is -0.469 e. The summed E-state index contributed by atoms with van der Waals surface area (Å²) in [5, 5.41) is 5.70. The highest BCUT2D eigenvalue weighted by atomic mass is 16.5. The first-order valence-corrected chi connectivity index (χ1v) is 7.55. The van der Waals surface area contributed by atoms with Crippen molar-refractivity contribution in [2.45, 2.75) is 24.5 Å². The number of hydrogen-bond donors (Lipinski definition) is 1. The van der Waals surface area contributed by atoms with E-state index in [9.17, 15) is 4.79 Å². The Bertz CT molecular complexity index is 670. The molecular weight excluding hydrogens is 278 g/mol. The van der Waals surface area contributed by atoms with Crippen molar-refractivity contribution in [1.29, 1.82) is 0 Å². The molecule has 2 aromatic carbocycles. The highest BCUT2D eigenvalue weighted by Gasteiger charge is 2.36. The summed E-state index contributed by atoms with van der Waals surface area (Å²) in [4.78, 5) is 12.3. The van der Waals surface area contributed by atoms with Crippen molar-refractivity contribution in [3.8, 4) is 0 Å². The zero-order chi connectivity index (χ0) is 15.5. The third-order valence-corrected chi connectivity index (χ3v) is 4.45. The fraction of sp³-hybridized carbons (Fsp3) is 0.389. The van der Waals surface area contributed by atoms with E-state index in [1.807, 2.05) is 18.2 Å². The van der Waals surface area contributed by atoms with Crippen LogP contribution in [0.1, 0.15) is 17.9 Å². The number of nitrogens with one attached hydrogen (secondary N) is 1. The van der Waals surface area contributed by atoms with Gasteiger partial charge in [-0.15, -0.1) is 0 Å². The SMILES string of the molecule is COC(=O)[C@H](c1ccc2ccccc2c1)[C@@H]1C[C@@H](OC)CN1. The van der Waals surface area contributed by atoms with Gasteiger partial charge in [0.05, 0.1) is 19.1 Å². The zero-order valence-corrected chi connectivity index (χ0v) is 12.9. The number of ether oxygens (including phenoxy) is 2. The van der Waals surface area contributed by atoms with Gasteiger partial charge in [-0.05, 0) is 22.8 Å². The number of carbonyl (C=O) groups excluding carboxylic acids is 1. The van der Waals surface area contributed by atoms with E-state index in [-0.39, 0.29) is 24.0 Å². The molecule has 4 heteroatoms. The average molecular weight is 299 g/mol. The summed E-state index contributed by atoms with van der Waals surface area (Å²) in [6.07, 6.45) is 0.959. The first kappa shape index (κ1) is 15.0. The first-order chi connectivity index (χ1) is 10.7. The molecule has 1 N–H and O–H groups in total. The van der Waals surface area contributed by atoms with Gasteiger partial charge in [-0.25, -0.2) is 0 Å². The molecule has 0 aromatic heterocycles. The summed E-state index contributed by atoms with van der Waals surface area (Å²) in [7, 11) is 3.15. The van der Waals surface area contributed by atoms with E-state index < -0.39 is 0 Å². The number of rotatable bonds is 4. The first-order valence-electron chi connectivity index (χ1n) is 7.55. The van der Waals surface area contributed by atoms with Crippen molar-refractivity contribution in [3.63, 3.8) is 0 Å².